The minimum atomic E-state index is -0.175. The third-order valence-corrected chi connectivity index (χ3v) is 4.11. The van der Waals surface area contributed by atoms with Crippen molar-refractivity contribution in [1.29, 1.82) is 0 Å². The molecular formula is C13H17BrO3. The smallest absolute Gasteiger partial charge is 0.140 e. The fourth-order valence-electron chi connectivity index (χ4n) is 2.48. The van der Waals surface area contributed by atoms with Crippen LogP contribution in [-0.4, -0.2) is 25.4 Å². The summed E-state index contributed by atoms with van der Waals surface area (Å²) in [5.74, 6) is 1.97. The lowest BCUT2D eigenvalue weighted by atomic mass is 9.96. The Balaban J connectivity index is 2.37. The highest BCUT2D eigenvalue weighted by Crippen LogP contribution is 2.44. The highest BCUT2D eigenvalue weighted by atomic mass is 79.9. The monoisotopic (exact) mass is 300 g/mol. The third kappa shape index (κ3) is 2.43. The van der Waals surface area contributed by atoms with Crippen LogP contribution in [0.25, 0.3) is 0 Å². The standard InChI is InChI=1S/C13H17BrO3/c1-16-11-6-5-10(13(17-2)12(11)14)8-3-4-9(15)7-8/h5-6,8-9,15H,3-4,7H2,1-2H3. The van der Waals surface area contributed by atoms with Gasteiger partial charge in [-0.1, -0.05) is 6.07 Å². The Morgan fingerprint density at radius 3 is 2.53 bits per heavy atom. The maximum atomic E-state index is 9.62. The van der Waals surface area contributed by atoms with Crippen molar-refractivity contribution in [2.45, 2.75) is 31.3 Å². The van der Waals surface area contributed by atoms with E-state index in [4.69, 9.17) is 9.47 Å². The van der Waals surface area contributed by atoms with Crippen LogP contribution in [0.2, 0.25) is 0 Å². The fourth-order valence-corrected chi connectivity index (χ4v) is 3.16. The van der Waals surface area contributed by atoms with Crippen LogP contribution in [0.1, 0.15) is 30.7 Å². The molecule has 0 saturated heterocycles. The Hall–Kier alpha value is -0.740. The fraction of sp³-hybridized carbons (Fsp3) is 0.538. The van der Waals surface area contributed by atoms with Crippen molar-refractivity contribution in [2.24, 2.45) is 0 Å². The Kier molecular flexibility index (Phi) is 3.94. The predicted octanol–water partition coefficient (Wildman–Crippen LogP) is 3.09. The number of ether oxygens (including phenoxy) is 2. The lowest BCUT2D eigenvalue weighted by molar-refractivity contribution is 0.181. The molecule has 1 fully saturated rings. The van der Waals surface area contributed by atoms with Crippen molar-refractivity contribution in [1.82, 2.24) is 0 Å². The maximum absolute atomic E-state index is 9.62. The zero-order valence-electron chi connectivity index (χ0n) is 10.1. The summed E-state index contributed by atoms with van der Waals surface area (Å²) in [5.41, 5.74) is 1.15. The molecule has 2 atom stereocenters. The van der Waals surface area contributed by atoms with Gasteiger partial charge < -0.3 is 14.6 Å². The van der Waals surface area contributed by atoms with Crippen LogP contribution in [0, 0.1) is 0 Å². The van der Waals surface area contributed by atoms with Crippen molar-refractivity contribution >= 4 is 15.9 Å². The first-order valence-electron chi connectivity index (χ1n) is 5.75. The number of aliphatic hydroxyl groups is 1. The van der Waals surface area contributed by atoms with Gasteiger partial charge in [-0.3, -0.25) is 0 Å². The molecular weight excluding hydrogens is 284 g/mol. The number of methoxy groups -OCH3 is 2. The van der Waals surface area contributed by atoms with Crippen LogP contribution < -0.4 is 9.47 Å². The molecule has 3 nitrogen and oxygen atoms in total. The first-order chi connectivity index (χ1) is 8.17. The van der Waals surface area contributed by atoms with E-state index in [0.717, 1.165) is 40.8 Å². The normalized spacial score (nSPS) is 23.8. The summed E-state index contributed by atoms with van der Waals surface area (Å²) >= 11 is 3.50. The molecule has 2 rings (SSSR count). The van der Waals surface area contributed by atoms with E-state index >= 15 is 0 Å². The lowest BCUT2D eigenvalue weighted by Crippen LogP contribution is -2.02. The molecule has 17 heavy (non-hydrogen) atoms. The van der Waals surface area contributed by atoms with Crippen LogP contribution >= 0.6 is 15.9 Å². The molecule has 1 saturated carbocycles. The molecule has 0 bridgehead atoms. The van der Waals surface area contributed by atoms with Crippen molar-refractivity contribution in [3.8, 4) is 11.5 Å². The van der Waals surface area contributed by atoms with E-state index in [1.165, 1.54) is 0 Å². The van der Waals surface area contributed by atoms with Crippen LogP contribution in [-0.2, 0) is 0 Å². The van der Waals surface area contributed by atoms with Gasteiger partial charge in [0.05, 0.1) is 20.3 Å². The first kappa shape index (κ1) is 12.7. The van der Waals surface area contributed by atoms with Gasteiger partial charge in [0.25, 0.3) is 0 Å². The summed E-state index contributed by atoms with van der Waals surface area (Å²) in [7, 11) is 3.30. The van der Waals surface area contributed by atoms with E-state index in [-0.39, 0.29) is 6.10 Å². The molecule has 0 aromatic heterocycles. The van der Waals surface area contributed by atoms with E-state index in [2.05, 4.69) is 15.9 Å². The topological polar surface area (TPSA) is 38.7 Å². The Morgan fingerprint density at radius 2 is 2.00 bits per heavy atom. The highest BCUT2D eigenvalue weighted by Gasteiger charge is 2.27. The quantitative estimate of drug-likeness (QED) is 0.932. The van der Waals surface area contributed by atoms with Crippen LogP contribution in [0.15, 0.2) is 16.6 Å². The molecule has 4 heteroatoms. The first-order valence-corrected chi connectivity index (χ1v) is 6.55. The predicted molar refractivity (Wildman–Crippen MR) is 69.8 cm³/mol. The van der Waals surface area contributed by atoms with Gasteiger partial charge in [0.1, 0.15) is 16.0 Å². The molecule has 1 aliphatic rings. The second-order valence-corrected chi connectivity index (χ2v) is 5.16. The molecule has 94 valence electrons. The van der Waals surface area contributed by atoms with Crippen LogP contribution in [0.5, 0.6) is 11.5 Å². The highest BCUT2D eigenvalue weighted by molar-refractivity contribution is 9.10. The van der Waals surface area contributed by atoms with Gasteiger partial charge in [-0.15, -0.1) is 0 Å². The zero-order chi connectivity index (χ0) is 12.4. The molecule has 1 aliphatic carbocycles. The number of rotatable bonds is 3. The number of benzene rings is 1. The summed E-state index contributed by atoms with van der Waals surface area (Å²) in [6.07, 6.45) is 2.52. The molecule has 1 N–H and O–H groups in total. The molecule has 0 heterocycles. The molecule has 2 unspecified atom stereocenters. The average Bonchev–Trinajstić information content (AvgIpc) is 2.75. The Bertz CT molecular complexity index is 406. The SMILES string of the molecule is COc1ccc(C2CCC(O)C2)c(OC)c1Br. The van der Waals surface area contributed by atoms with E-state index in [9.17, 15) is 5.11 Å². The van der Waals surface area contributed by atoms with Gasteiger partial charge in [-0.2, -0.15) is 0 Å². The summed E-state index contributed by atoms with van der Waals surface area (Å²) < 4.78 is 11.6. The van der Waals surface area contributed by atoms with Crippen LogP contribution in [0.4, 0.5) is 0 Å². The van der Waals surface area contributed by atoms with Gasteiger partial charge in [0.15, 0.2) is 0 Å². The zero-order valence-corrected chi connectivity index (χ0v) is 11.7. The van der Waals surface area contributed by atoms with Crippen LogP contribution in [0.3, 0.4) is 0 Å². The van der Waals surface area contributed by atoms with Gasteiger partial charge in [-0.05, 0) is 52.7 Å². The van der Waals surface area contributed by atoms with Crippen molar-refractivity contribution in [3.63, 3.8) is 0 Å². The molecule has 0 amide bonds. The third-order valence-electron chi connectivity index (χ3n) is 3.36. The second kappa shape index (κ2) is 5.27. The van der Waals surface area contributed by atoms with E-state index < -0.39 is 0 Å². The van der Waals surface area contributed by atoms with Gasteiger partial charge in [0.2, 0.25) is 0 Å². The molecule has 1 aromatic rings. The molecule has 0 radical (unpaired) electrons. The Labute approximate surface area is 110 Å². The summed E-state index contributed by atoms with van der Waals surface area (Å²) in [4.78, 5) is 0. The number of hydrogen-bond acceptors (Lipinski definition) is 3. The van der Waals surface area contributed by atoms with Crippen molar-refractivity contribution < 1.29 is 14.6 Å². The number of hydrogen-bond donors (Lipinski definition) is 1. The largest absolute Gasteiger partial charge is 0.495 e. The minimum Gasteiger partial charge on any atom is -0.495 e. The van der Waals surface area contributed by atoms with Gasteiger partial charge >= 0.3 is 0 Å². The summed E-state index contributed by atoms with van der Waals surface area (Å²) in [6, 6.07) is 3.97. The lowest BCUT2D eigenvalue weighted by Gasteiger charge is -2.17. The van der Waals surface area contributed by atoms with Gasteiger partial charge in [0, 0.05) is 0 Å². The minimum absolute atomic E-state index is 0.175. The second-order valence-electron chi connectivity index (χ2n) is 4.37. The summed E-state index contributed by atoms with van der Waals surface area (Å²) in [6.45, 7) is 0. The average molecular weight is 301 g/mol. The summed E-state index contributed by atoms with van der Waals surface area (Å²) in [5, 5.41) is 9.62. The van der Waals surface area contributed by atoms with E-state index in [0.29, 0.717) is 5.92 Å². The van der Waals surface area contributed by atoms with E-state index in [1.807, 2.05) is 12.1 Å². The maximum Gasteiger partial charge on any atom is 0.140 e. The molecule has 0 aliphatic heterocycles. The molecule has 1 aromatic carbocycles. The number of aliphatic hydroxyl groups excluding tert-OH is 1. The Morgan fingerprint density at radius 1 is 1.24 bits per heavy atom. The number of halogens is 1. The molecule has 0 spiro atoms. The van der Waals surface area contributed by atoms with Crippen molar-refractivity contribution in [2.75, 3.05) is 14.2 Å². The van der Waals surface area contributed by atoms with Crippen molar-refractivity contribution in [3.05, 3.63) is 22.2 Å². The van der Waals surface area contributed by atoms with Gasteiger partial charge in [-0.25, -0.2) is 0 Å². The van der Waals surface area contributed by atoms with E-state index in [1.54, 1.807) is 14.2 Å².